The summed E-state index contributed by atoms with van der Waals surface area (Å²) in [7, 11) is 0. The van der Waals surface area contributed by atoms with Crippen LogP contribution in [0, 0.1) is 0 Å². The second kappa shape index (κ2) is 7.44. The quantitative estimate of drug-likeness (QED) is 0.603. The average molecular weight is 327 g/mol. The van der Waals surface area contributed by atoms with Gasteiger partial charge >= 0.3 is 0 Å². The third-order valence-corrected chi connectivity index (χ3v) is 3.89. The zero-order valence-corrected chi connectivity index (χ0v) is 13.8. The SMILES string of the molecule is CCOCCn1c(/C=C/c2ccc(Cl)cc2)nc2ccccc21. The number of imidazole rings is 1. The van der Waals surface area contributed by atoms with Crippen LogP contribution < -0.4 is 0 Å². The summed E-state index contributed by atoms with van der Waals surface area (Å²) < 4.78 is 7.69. The summed E-state index contributed by atoms with van der Waals surface area (Å²) in [5.74, 6) is 0.931. The molecule has 4 heteroatoms. The molecule has 0 radical (unpaired) electrons. The van der Waals surface area contributed by atoms with Crippen molar-refractivity contribution in [1.82, 2.24) is 9.55 Å². The van der Waals surface area contributed by atoms with Crippen molar-refractivity contribution in [2.75, 3.05) is 13.2 Å². The van der Waals surface area contributed by atoms with Gasteiger partial charge in [0.05, 0.1) is 17.6 Å². The smallest absolute Gasteiger partial charge is 0.133 e. The van der Waals surface area contributed by atoms with Crippen molar-refractivity contribution in [2.45, 2.75) is 13.5 Å². The second-order valence-electron chi connectivity index (χ2n) is 5.19. The van der Waals surface area contributed by atoms with Crippen LogP contribution in [0.1, 0.15) is 18.3 Å². The van der Waals surface area contributed by atoms with Crippen LogP contribution in [0.4, 0.5) is 0 Å². The highest BCUT2D eigenvalue weighted by atomic mass is 35.5. The predicted molar refractivity (Wildman–Crippen MR) is 96.6 cm³/mol. The van der Waals surface area contributed by atoms with Crippen molar-refractivity contribution in [1.29, 1.82) is 0 Å². The van der Waals surface area contributed by atoms with E-state index < -0.39 is 0 Å². The molecule has 1 heterocycles. The number of rotatable bonds is 6. The van der Waals surface area contributed by atoms with E-state index in [-0.39, 0.29) is 0 Å². The molecule has 0 fully saturated rings. The van der Waals surface area contributed by atoms with Crippen molar-refractivity contribution in [3.8, 4) is 0 Å². The number of hydrogen-bond acceptors (Lipinski definition) is 2. The average Bonchev–Trinajstić information content (AvgIpc) is 2.93. The van der Waals surface area contributed by atoms with Gasteiger partial charge in [0.15, 0.2) is 0 Å². The van der Waals surface area contributed by atoms with Crippen LogP contribution in [-0.4, -0.2) is 22.8 Å². The zero-order valence-electron chi connectivity index (χ0n) is 13.1. The fraction of sp³-hybridized carbons (Fsp3) is 0.211. The third-order valence-electron chi connectivity index (χ3n) is 3.64. The van der Waals surface area contributed by atoms with E-state index in [1.54, 1.807) is 0 Å². The number of halogens is 1. The summed E-state index contributed by atoms with van der Waals surface area (Å²) in [5, 5.41) is 0.742. The molecule has 3 aromatic rings. The number of para-hydroxylation sites is 2. The molecular formula is C19H19ClN2O. The fourth-order valence-corrected chi connectivity index (χ4v) is 2.63. The van der Waals surface area contributed by atoms with Crippen molar-refractivity contribution in [3.05, 3.63) is 64.9 Å². The third kappa shape index (κ3) is 3.81. The van der Waals surface area contributed by atoms with E-state index in [9.17, 15) is 0 Å². The molecule has 0 saturated heterocycles. The van der Waals surface area contributed by atoms with Gasteiger partial charge in [0.25, 0.3) is 0 Å². The summed E-state index contributed by atoms with van der Waals surface area (Å²) in [6.45, 7) is 4.20. The van der Waals surface area contributed by atoms with Crippen molar-refractivity contribution in [3.63, 3.8) is 0 Å². The zero-order chi connectivity index (χ0) is 16.1. The summed E-state index contributed by atoms with van der Waals surface area (Å²) in [6, 6.07) is 15.9. The number of ether oxygens (including phenoxy) is 1. The molecule has 0 atom stereocenters. The van der Waals surface area contributed by atoms with E-state index >= 15 is 0 Å². The molecule has 3 nitrogen and oxygen atoms in total. The first-order chi connectivity index (χ1) is 11.3. The maximum Gasteiger partial charge on any atom is 0.133 e. The Morgan fingerprint density at radius 3 is 2.65 bits per heavy atom. The molecule has 0 N–H and O–H groups in total. The number of aromatic nitrogens is 2. The van der Waals surface area contributed by atoms with Crippen LogP contribution in [0.15, 0.2) is 48.5 Å². The summed E-state index contributed by atoms with van der Waals surface area (Å²) in [5.41, 5.74) is 3.22. The van der Waals surface area contributed by atoms with E-state index in [1.807, 2.05) is 55.5 Å². The molecule has 0 bridgehead atoms. The predicted octanol–water partition coefficient (Wildman–Crippen LogP) is 4.90. The van der Waals surface area contributed by atoms with Gasteiger partial charge in [-0.1, -0.05) is 41.9 Å². The minimum atomic E-state index is 0.679. The van der Waals surface area contributed by atoms with Gasteiger partial charge in [-0.3, -0.25) is 0 Å². The standard InChI is InChI=1S/C19H19ClN2O/c1-2-23-14-13-22-18-6-4-3-5-17(18)21-19(22)12-9-15-7-10-16(20)11-8-15/h3-12H,2,13-14H2,1H3/b12-9+. The van der Waals surface area contributed by atoms with Gasteiger partial charge < -0.3 is 9.30 Å². The Balaban J connectivity index is 1.92. The molecule has 0 amide bonds. The Hall–Kier alpha value is -2.10. The maximum absolute atomic E-state index is 5.92. The first kappa shape index (κ1) is 15.8. The van der Waals surface area contributed by atoms with Crippen molar-refractivity contribution >= 4 is 34.8 Å². The number of hydrogen-bond donors (Lipinski definition) is 0. The molecule has 0 spiro atoms. The Morgan fingerprint density at radius 1 is 1.09 bits per heavy atom. The van der Waals surface area contributed by atoms with Crippen molar-refractivity contribution < 1.29 is 4.74 Å². The van der Waals surface area contributed by atoms with Gasteiger partial charge in [-0.25, -0.2) is 4.98 Å². The monoisotopic (exact) mass is 326 g/mol. The van der Waals surface area contributed by atoms with Gasteiger partial charge in [0.2, 0.25) is 0 Å². The lowest BCUT2D eigenvalue weighted by atomic mass is 10.2. The highest BCUT2D eigenvalue weighted by Crippen LogP contribution is 2.18. The highest BCUT2D eigenvalue weighted by molar-refractivity contribution is 6.30. The van der Waals surface area contributed by atoms with Crippen LogP contribution in [0.3, 0.4) is 0 Å². The number of nitrogens with zero attached hydrogens (tertiary/aromatic N) is 2. The molecule has 0 aliphatic heterocycles. The fourth-order valence-electron chi connectivity index (χ4n) is 2.50. The minimum Gasteiger partial charge on any atom is -0.380 e. The molecular weight excluding hydrogens is 308 g/mol. The molecule has 0 aliphatic rings. The molecule has 0 saturated carbocycles. The molecule has 2 aromatic carbocycles. The minimum absolute atomic E-state index is 0.679. The van der Waals surface area contributed by atoms with E-state index in [0.717, 1.165) is 40.6 Å². The van der Waals surface area contributed by atoms with Crippen LogP contribution in [-0.2, 0) is 11.3 Å². The summed E-state index contributed by atoms with van der Waals surface area (Å²) in [6.07, 6.45) is 4.09. The summed E-state index contributed by atoms with van der Waals surface area (Å²) >= 11 is 5.92. The van der Waals surface area contributed by atoms with Gasteiger partial charge in [-0.2, -0.15) is 0 Å². The Bertz CT molecular complexity index is 806. The first-order valence-electron chi connectivity index (χ1n) is 7.74. The van der Waals surface area contributed by atoms with Crippen molar-refractivity contribution in [2.24, 2.45) is 0 Å². The summed E-state index contributed by atoms with van der Waals surface area (Å²) in [4.78, 5) is 4.72. The molecule has 23 heavy (non-hydrogen) atoms. The van der Waals surface area contributed by atoms with E-state index in [2.05, 4.69) is 16.7 Å². The van der Waals surface area contributed by atoms with Crippen LogP contribution in [0.25, 0.3) is 23.2 Å². The van der Waals surface area contributed by atoms with E-state index in [1.165, 1.54) is 0 Å². The number of benzene rings is 2. The highest BCUT2D eigenvalue weighted by Gasteiger charge is 2.07. The van der Waals surface area contributed by atoms with Crippen LogP contribution >= 0.6 is 11.6 Å². The van der Waals surface area contributed by atoms with E-state index in [4.69, 9.17) is 21.3 Å². The molecule has 118 valence electrons. The maximum atomic E-state index is 5.92. The lowest BCUT2D eigenvalue weighted by Gasteiger charge is -2.07. The lowest BCUT2D eigenvalue weighted by molar-refractivity contribution is 0.139. The molecule has 3 rings (SSSR count). The molecule has 0 unspecified atom stereocenters. The van der Waals surface area contributed by atoms with E-state index in [0.29, 0.717) is 6.61 Å². The normalized spacial score (nSPS) is 11.6. The van der Waals surface area contributed by atoms with Gasteiger partial charge in [-0.15, -0.1) is 0 Å². The van der Waals surface area contributed by atoms with Gasteiger partial charge in [0.1, 0.15) is 5.82 Å². The van der Waals surface area contributed by atoms with Crippen LogP contribution in [0.2, 0.25) is 5.02 Å². The molecule has 1 aromatic heterocycles. The Kier molecular flexibility index (Phi) is 5.11. The topological polar surface area (TPSA) is 27.1 Å². The second-order valence-corrected chi connectivity index (χ2v) is 5.63. The number of fused-ring (bicyclic) bond motifs is 1. The first-order valence-corrected chi connectivity index (χ1v) is 8.12. The lowest BCUT2D eigenvalue weighted by Crippen LogP contribution is -2.07. The van der Waals surface area contributed by atoms with Gasteiger partial charge in [-0.05, 0) is 42.8 Å². The Labute approximate surface area is 141 Å². The van der Waals surface area contributed by atoms with Crippen LogP contribution in [0.5, 0.6) is 0 Å². The van der Waals surface area contributed by atoms with Gasteiger partial charge in [0, 0.05) is 18.2 Å². The Morgan fingerprint density at radius 2 is 1.87 bits per heavy atom. The molecule has 0 aliphatic carbocycles. The largest absolute Gasteiger partial charge is 0.380 e.